The van der Waals surface area contributed by atoms with Gasteiger partial charge in [-0.15, -0.1) is 10.2 Å². The minimum absolute atomic E-state index is 0.291. The number of nitrogens with zero attached hydrogens (tertiary/aromatic N) is 3. The molecular formula is C12H11ClN4O. The summed E-state index contributed by atoms with van der Waals surface area (Å²) in [6.07, 6.45) is 0. The monoisotopic (exact) mass is 262 g/mol. The number of rotatable bonds is 4. The fraction of sp³-hybridized carbons (Fsp3) is 0.250. The molecule has 0 saturated carbocycles. The lowest BCUT2D eigenvalue weighted by atomic mass is 10.1. The van der Waals surface area contributed by atoms with E-state index in [1.807, 2.05) is 6.07 Å². The highest BCUT2D eigenvalue weighted by Gasteiger charge is 2.08. The van der Waals surface area contributed by atoms with Gasteiger partial charge in [-0.3, -0.25) is 0 Å². The highest BCUT2D eigenvalue weighted by molar-refractivity contribution is 6.34. The summed E-state index contributed by atoms with van der Waals surface area (Å²) in [5.74, 6) is 0.635. The van der Waals surface area contributed by atoms with Gasteiger partial charge in [0.25, 0.3) is 0 Å². The van der Waals surface area contributed by atoms with Crippen molar-refractivity contribution in [3.05, 3.63) is 28.9 Å². The Kier molecular flexibility index (Phi) is 3.92. The first kappa shape index (κ1) is 12.6. The van der Waals surface area contributed by atoms with Crippen molar-refractivity contribution < 1.29 is 4.74 Å². The van der Waals surface area contributed by atoms with E-state index in [0.717, 1.165) is 5.39 Å². The number of methoxy groups -OCH3 is 1. The summed E-state index contributed by atoms with van der Waals surface area (Å²) >= 11 is 5.98. The summed E-state index contributed by atoms with van der Waals surface area (Å²) in [5.41, 5.74) is 0.542. The first-order chi connectivity index (χ1) is 8.76. The Morgan fingerprint density at radius 3 is 2.94 bits per heavy atom. The van der Waals surface area contributed by atoms with Gasteiger partial charge in [0.1, 0.15) is 0 Å². The molecule has 0 atom stereocenters. The van der Waals surface area contributed by atoms with Crippen LogP contribution in [-0.4, -0.2) is 30.5 Å². The molecule has 1 N–H and O–H groups in total. The van der Waals surface area contributed by atoms with Crippen molar-refractivity contribution in [3.63, 3.8) is 0 Å². The Morgan fingerprint density at radius 1 is 1.39 bits per heavy atom. The Labute approximate surface area is 109 Å². The number of benzene rings is 1. The molecule has 1 aromatic carbocycles. The molecule has 0 bridgehead atoms. The third-order valence-electron chi connectivity index (χ3n) is 2.46. The van der Waals surface area contributed by atoms with Crippen LogP contribution in [0.25, 0.3) is 10.8 Å². The molecule has 0 spiro atoms. The van der Waals surface area contributed by atoms with E-state index in [1.165, 1.54) is 0 Å². The molecule has 2 rings (SSSR count). The van der Waals surface area contributed by atoms with Gasteiger partial charge in [0.15, 0.2) is 11.0 Å². The van der Waals surface area contributed by atoms with E-state index in [0.29, 0.717) is 35.1 Å². The summed E-state index contributed by atoms with van der Waals surface area (Å²) < 4.78 is 4.96. The van der Waals surface area contributed by atoms with Crippen molar-refractivity contribution in [2.24, 2.45) is 0 Å². The second-order valence-electron chi connectivity index (χ2n) is 3.63. The molecule has 2 aromatic rings. The number of hydrogen-bond donors (Lipinski definition) is 1. The van der Waals surface area contributed by atoms with E-state index in [2.05, 4.69) is 21.6 Å². The normalized spacial score (nSPS) is 10.3. The minimum atomic E-state index is 0.291. The fourth-order valence-corrected chi connectivity index (χ4v) is 1.79. The third-order valence-corrected chi connectivity index (χ3v) is 2.74. The molecule has 0 radical (unpaired) electrons. The molecule has 1 heterocycles. The zero-order valence-corrected chi connectivity index (χ0v) is 10.5. The number of nitriles is 1. The maximum Gasteiger partial charge on any atom is 0.159 e. The highest BCUT2D eigenvalue weighted by Crippen LogP contribution is 2.26. The van der Waals surface area contributed by atoms with Crippen molar-refractivity contribution in [1.82, 2.24) is 10.2 Å². The van der Waals surface area contributed by atoms with E-state index < -0.39 is 0 Å². The second-order valence-corrected chi connectivity index (χ2v) is 3.99. The van der Waals surface area contributed by atoms with Crippen LogP contribution in [0.2, 0.25) is 5.15 Å². The average molecular weight is 263 g/mol. The van der Waals surface area contributed by atoms with Crippen LogP contribution in [0.1, 0.15) is 5.56 Å². The van der Waals surface area contributed by atoms with Crippen LogP contribution in [0, 0.1) is 11.3 Å². The topological polar surface area (TPSA) is 70.8 Å². The highest BCUT2D eigenvalue weighted by atomic mass is 35.5. The Bertz CT molecular complexity index is 609. The van der Waals surface area contributed by atoms with Crippen molar-refractivity contribution in [2.45, 2.75) is 0 Å². The molecule has 18 heavy (non-hydrogen) atoms. The van der Waals surface area contributed by atoms with Gasteiger partial charge in [0, 0.05) is 24.4 Å². The number of hydrogen-bond acceptors (Lipinski definition) is 5. The maximum absolute atomic E-state index is 8.87. The SMILES string of the molecule is COCCNc1nnc(Cl)c2cc(C#N)ccc12. The van der Waals surface area contributed by atoms with Gasteiger partial charge >= 0.3 is 0 Å². The van der Waals surface area contributed by atoms with Crippen LogP contribution in [0.5, 0.6) is 0 Å². The zero-order chi connectivity index (χ0) is 13.0. The van der Waals surface area contributed by atoms with Crippen LogP contribution in [0.15, 0.2) is 18.2 Å². The van der Waals surface area contributed by atoms with E-state index >= 15 is 0 Å². The van der Waals surface area contributed by atoms with E-state index in [-0.39, 0.29) is 0 Å². The number of fused-ring (bicyclic) bond motifs is 1. The van der Waals surface area contributed by atoms with Crippen molar-refractivity contribution in [1.29, 1.82) is 5.26 Å². The summed E-state index contributed by atoms with van der Waals surface area (Å²) in [4.78, 5) is 0. The van der Waals surface area contributed by atoms with Gasteiger partial charge in [-0.1, -0.05) is 11.6 Å². The number of nitrogens with one attached hydrogen (secondary N) is 1. The quantitative estimate of drug-likeness (QED) is 0.856. The van der Waals surface area contributed by atoms with Crippen LogP contribution < -0.4 is 5.32 Å². The first-order valence-electron chi connectivity index (χ1n) is 5.35. The molecule has 6 heteroatoms. The molecule has 0 aliphatic rings. The number of halogens is 1. The molecule has 5 nitrogen and oxygen atoms in total. The van der Waals surface area contributed by atoms with Crippen LogP contribution >= 0.6 is 11.6 Å². The molecular weight excluding hydrogens is 252 g/mol. The molecule has 0 amide bonds. The van der Waals surface area contributed by atoms with Gasteiger partial charge in [-0.05, 0) is 18.2 Å². The Hall–Kier alpha value is -1.90. The lowest BCUT2D eigenvalue weighted by Gasteiger charge is -2.08. The van der Waals surface area contributed by atoms with Crippen molar-refractivity contribution in [3.8, 4) is 6.07 Å². The van der Waals surface area contributed by atoms with Crippen molar-refractivity contribution >= 4 is 28.2 Å². The van der Waals surface area contributed by atoms with Crippen LogP contribution in [0.4, 0.5) is 5.82 Å². The third kappa shape index (κ3) is 2.50. The molecule has 0 fully saturated rings. The largest absolute Gasteiger partial charge is 0.383 e. The van der Waals surface area contributed by atoms with Crippen LogP contribution in [-0.2, 0) is 4.74 Å². The maximum atomic E-state index is 8.87. The molecule has 92 valence electrons. The smallest absolute Gasteiger partial charge is 0.159 e. The predicted molar refractivity (Wildman–Crippen MR) is 69.6 cm³/mol. The van der Waals surface area contributed by atoms with Gasteiger partial charge in [0.05, 0.1) is 18.2 Å². The van der Waals surface area contributed by atoms with Gasteiger partial charge in [0.2, 0.25) is 0 Å². The Morgan fingerprint density at radius 2 is 2.22 bits per heavy atom. The zero-order valence-electron chi connectivity index (χ0n) is 9.77. The molecule has 0 unspecified atom stereocenters. The Balaban J connectivity index is 2.43. The van der Waals surface area contributed by atoms with Gasteiger partial charge in [-0.25, -0.2) is 0 Å². The van der Waals surface area contributed by atoms with Crippen molar-refractivity contribution in [2.75, 3.05) is 25.6 Å². The lowest BCUT2D eigenvalue weighted by molar-refractivity contribution is 0.210. The summed E-state index contributed by atoms with van der Waals surface area (Å²) in [6, 6.07) is 7.31. The van der Waals surface area contributed by atoms with Gasteiger partial charge in [-0.2, -0.15) is 5.26 Å². The standard InChI is InChI=1S/C12H11ClN4O/c1-18-5-4-15-12-9-3-2-8(7-14)6-10(9)11(13)16-17-12/h2-3,6H,4-5H2,1H3,(H,15,17). The van der Waals surface area contributed by atoms with E-state index in [9.17, 15) is 0 Å². The van der Waals surface area contributed by atoms with Crippen LogP contribution in [0.3, 0.4) is 0 Å². The lowest BCUT2D eigenvalue weighted by Crippen LogP contribution is -2.09. The molecule has 0 aliphatic heterocycles. The van der Waals surface area contributed by atoms with E-state index in [4.69, 9.17) is 21.6 Å². The second kappa shape index (κ2) is 5.63. The predicted octanol–water partition coefficient (Wildman–Crippen LogP) is 2.21. The molecule has 0 aliphatic carbocycles. The summed E-state index contributed by atoms with van der Waals surface area (Å²) in [5, 5.41) is 21.7. The van der Waals surface area contributed by atoms with Gasteiger partial charge < -0.3 is 10.1 Å². The fourth-order valence-electron chi connectivity index (χ4n) is 1.59. The number of ether oxygens (including phenoxy) is 1. The minimum Gasteiger partial charge on any atom is -0.383 e. The number of aromatic nitrogens is 2. The summed E-state index contributed by atoms with van der Waals surface area (Å²) in [7, 11) is 1.63. The number of anilines is 1. The molecule has 0 saturated heterocycles. The first-order valence-corrected chi connectivity index (χ1v) is 5.73. The summed E-state index contributed by atoms with van der Waals surface area (Å²) in [6.45, 7) is 1.20. The molecule has 1 aromatic heterocycles. The van der Waals surface area contributed by atoms with E-state index in [1.54, 1.807) is 19.2 Å². The average Bonchev–Trinajstić information content (AvgIpc) is 2.41.